The normalized spacial score (nSPS) is 11.0. The number of fused-ring (bicyclic) bond motifs is 3. The predicted molar refractivity (Wildman–Crippen MR) is 86.9 cm³/mol. The molecule has 0 heteroatoms. The minimum Gasteiger partial charge on any atom is -0.0622 e. The molecule has 0 atom stereocenters. The van der Waals surface area contributed by atoms with E-state index in [2.05, 4.69) is 84.9 Å². The van der Waals surface area contributed by atoms with Crippen LogP contribution in [0.5, 0.6) is 0 Å². The monoisotopic (exact) mass is 254 g/mol. The molecule has 0 saturated carbocycles. The van der Waals surface area contributed by atoms with Crippen molar-refractivity contribution in [1.82, 2.24) is 0 Å². The molecule has 4 aromatic carbocycles. The minimum absolute atomic E-state index is 1.27. The molecule has 0 unspecified atom stereocenters. The van der Waals surface area contributed by atoms with Crippen molar-refractivity contribution in [3.8, 4) is 11.1 Å². The Morgan fingerprint density at radius 1 is 0.450 bits per heavy atom. The fraction of sp³-hybridized carbons (Fsp3) is 0. The van der Waals surface area contributed by atoms with Gasteiger partial charge < -0.3 is 0 Å². The molecular weight excluding hydrogens is 240 g/mol. The van der Waals surface area contributed by atoms with Crippen molar-refractivity contribution in [3.05, 3.63) is 84.9 Å². The summed E-state index contributed by atoms with van der Waals surface area (Å²) in [6.07, 6.45) is 0. The van der Waals surface area contributed by atoms with E-state index in [1.165, 1.54) is 32.7 Å². The molecule has 0 amide bonds. The topological polar surface area (TPSA) is 0 Å². The average Bonchev–Trinajstić information content (AvgIpc) is 2.55. The van der Waals surface area contributed by atoms with Crippen LogP contribution in [0.1, 0.15) is 0 Å². The van der Waals surface area contributed by atoms with Crippen LogP contribution < -0.4 is 0 Å². The van der Waals surface area contributed by atoms with E-state index in [1.807, 2.05) is 0 Å². The van der Waals surface area contributed by atoms with E-state index in [4.69, 9.17) is 0 Å². The second-order valence-electron chi connectivity index (χ2n) is 5.06. The van der Waals surface area contributed by atoms with Crippen molar-refractivity contribution < 1.29 is 0 Å². The number of benzene rings is 4. The fourth-order valence-electron chi connectivity index (χ4n) is 2.91. The quantitative estimate of drug-likeness (QED) is 0.384. The van der Waals surface area contributed by atoms with Gasteiger partial charge in [0.25, 0.3) is 0 Å². The molecule has 0 nitrogen and oxygen atoms in total. The average molecular weight is 254 g/mol. The van der Waals surface area contributed by atoms with Crippen molar-refractivity contribution in [2.24, 2.45) is 0 Å². The maximum atomic E-state index is 2.30. The zero-order chi connectivity index (χ0) is 13.4. The van der Waals surface area contributed by atoms with Gasteiger partial charge in [0.05, 0.1) is 0 Å². The number of hydrogen-bond donors (Lipinski definition) is 0. The second-order valence-corrected chi connectivity index (χ2v) is 5.06. The van der Waals surface area contributed by atoms with Crippen molar-refractivity contribution >= 4 is 21.5 Å². The van der Waals surface area contributed by atoms with Crippen molar-refractivity contribution in [2.75, 3.05) is 0 Å². The Balaban J connectivity index is 2.19. The summed E-state index contributed by atoms with van der Waals surface area (Å²) < 4.78 is 0. The Hall–Kier alpha value is -2.60. The van der Waals surface area contributed by atoms with Crippen LogP contribution >= 0.6 is 0 Å². The molecule has 0 bridgehead atoms. The Morgan fingerprint density at radius 3 is 1.85 bits per heavy atom. The molecule has 0 aromatic heterocycles. The van der Waals surface area contributed by atoms with Crippen LogP contribution in [0.15, 0.2) is 84.9 Å². The van der Waals surface area contributed by atoms with Crippen molar-refractivity contribution in [1.29, 1.82) is 0 Å². The molecule has 0 spiro atoms. The van der Waals surface area contributed by atoms with Gasteiger partial charge in [-0.15, -0.1) is 0 Å². The van der Waals surface area contributed by atoms with Gasteiger partial charge >= 0.3 is 0 Å². The molecule has 0 N–H and O–H groups in total. The van der Waals surface area contributed by atoms with E-state index in [9.17, 15) is 0 Å². The first-order chi connectivity index (χ1) is 9.93. The fourth-order valence-corrected chi connectivity index (χ4v) is 2.91. The smallest absolute Gasteiger partial charge is 0.00990 e. The lowest BCUT2D eigenvalue weighted by Gasteiger charge is -2.10. The molecule has 4 rings (SSSR count). The van der Waals surface area contributed by atoms with Crippen LogP contribution in [-0.4, -0.2) is 0 Å². The van der Waals surface area contributed by atoms with Crippen LogP contribution in [0.3, 0.4) is 0 Å². The molecule has 0 fully saturated rings. The van der Waals surface area contributed by atoms with Gasteiger partial charge in [-0.2, -0.15) is 0 Å². The van der Waals surface area contributed by atoms with E-state index in [0.717, 1.165) is 0 Å². The maximum Gasteiger partial charge on any atom is -0.00990 e. The van der Waals surface area contributed by atoms with E-state index in [-0.39, 0.29) is 0 Å². The molecule has 0 aliphatic rings. The molecule has 20 heavy (non-hydrogen) atoms. The van der Waals surface area contributed by atoms with Gasteiger partial charge in [-0.25, -0.2) is 0 Å². The number of hydrogen-bond acceptors (Lipinski definition) is 0. The Kier molecular flexibility index (Phi) is 2.53. The molecule has 94 valence electrons. The third-order valence-corrected chi connectivity index (χ3v) is 3.85. The Morgan fingerprint density at radius 2 is 1.05 bits per heavy atom. The second kappa shape index (κ2) is 4.50. The maximum absolute atomic E-state index is 2.30. The highest BCUT2D eigenvalue weighted by Crippen LogP contribution is 2.34. The number of rotatable bonds is 1. The van der Waals surface area contributed by atoms with Crippen molar-refractivity contribution in [2.45, 2.75) is 0 Å². The van der Waals surface area contributed by atoms with Gasteiger partial charge in [0, 0.05) is 0 Å². The molecule has 0 heterocycles. The molecule has 0 radical (unpaired) electrons. The van der Waals surface area contributed by atoms with Crippen LogP contribution in [0, 0.1) is 0 Å². The first-order valence-corrected chi connectivity index (χ1v) is 6.89. The third-order valence-electron chi connectivity index (χ3n) is 3.85. The highest BCUT2D eigenvalue weighted by Gasteiger charge is 2.07. The molecule has 4 aromatic rings. The summed E-state index contributed by atoms with van der Waals surface area (Å²) in [7, 11) is 0. The summed E-state index contributed by atoms with van der Waals surface area (Å²) in [5.41, 5.74) is 2.58. The summed E-state index contributed by atoms with van der Waals surface area (Å²) in [5.74, 6) is 0. The standard InChI is InChI=1S/C20H14/c1-2-8-15(9-3-1)20-14-16-10-4-5-11-17(16)18-12-6-7-13-19(18)20/h1-14H. The Labute approximate surface area is 118 Å². The molecule has 0 aliphatic carbocycles. The van der Waals surface area contributed by atoms with Crippen LogP contribution in [0.4, 0.5) is 0 Å². The van der Waals surface area contributed by atoms with Gasteiger partial charge in [0.2, 0.25) is 0 Å². The summed E-state index contributed by atoms with van der Waals surface area (Å²) in [4.78, 5) is 0. The lowest BCUT2D eigenvalue weighted by molar-refractivity contribution is 1.66. The summed E-state index contributed by atoms with van der Waals surface area (Å²) in [6.45, 7) is 0. The van der Waals surface area contributed by atoms with Gasteiger partial charge in [0.1, 0.15) is 0 Å². The molecule has 0 saturated heterocycles. The highest BCUT2D eigenvalue weighted by molar-refractivity contribution is 6.13. The van der Waals surface area contributed by atoms with Crippen LogP contribution in [-0.2, 0) is 0 Å². The third kappa shape index (κ3) is 1.70. The lowest BCUT2D eigenvalue weighted by Crippen LogP contribution is -1.83. The van der Waals surface area contributed by atoms with Gasteiger partial charge in [-0.05, 0) is 38.7 Å². The molecule has 0 aliphatic heterocycles. The molecular formula is C20H14. The summed E-state index contributed by atoms with van der Waals surface area (Å²) in [6, 6.07) is 30.2. The van der Waals surface area contributed by atoms with Crippen molar-refractivity contribution in [3.63, 3.8) is 0 Å². The minimum atomic E-state index is 1.27. The SMILES string of the molecule is c1ccc(-c2cc3ccccc3c3ccccc23)cc1. The first kappa shape index (κ1) is 11.2. The lowest BCUT2D eigenvalue weighted by atomic mass is 9.93. The first-order valence-electron chi connectivity index (χ1n) is 6.89. The largest absolute Gasteiger partial charge is 0.0622 e. The van der Waals surface area contributed by atoms with Gasteiger partial charge in [0.15, 0.2) is 0 Å². The van der Waals surface area contributed by atoms with Crippen LogP contribution in [0.25, 0.3) is 32.7 Å². The zero-order valence-electron chi connectivity index (χ0n) is 11.1. The van der Waals surface area contributed by atoms with E-state index < -0.39 is 0 Å². The summed E-state index contributed by atoms with van der Waals surface area (Å²) >= 11 is 0. The highest BCUT2D eigenvalue weighted by atomic mass is 14.1. The zero-order valence-corrected chi connectivity index (χ0v) is 11.1. The van der Waals surface area contributed by atoms with Crippen LogP contribution in [0.2, 0.25) is 0 Å². The van der Waals surface area contributed by atoms with E-state index in [1.54, 1.807) is 0 Å². The van der Waals surface area contributed by atoms with E-state index in [0.29, 0.717) is 0 Å². The Bertz CT molecular complexity index is 889. The van der Waals surface area contributed by atoms with E-state index >= 15 is 0 Å². The summed E-state index contributed by atoms with van der Waals surface area (Å²) in [5, 5.41) is 5.26. The predicted octanol–water partition coefficient (Wildman–Crippen LogP) is 5.66. The van der Waals surface area contributed by atoms with Gasteiger partial charge in [-0.3, -0.25) is 0 Å². The van der Waals surface area contributed by atoms with Gasteiger partial charge in [-0.1, -0.05) is 78.9 Å².